The van der Waals surface area contributed by atoms with Crippen LogP contribution in [-0.4, -0.2) is 5.60 Å². The molecule has 104 valence electrons. The average Bonchev–Trinajstić information content (AvgIpc) is 2.36. The van der Waals surface area contributed by atoms with Gasteiger partial charge in [0, 0.05) is 18.0 Å². The molecular formula is C16H22FNO. The van der Waals surface area contributed by atoms with E-state index in [1.807, 2.05) is 0 Å². The minimum absolute atomic E-state index is 0.0983. The van der Waals surface area contributed by atoms with Crippen molar-refractivity contribution in [3.8, 4) is 5.75 Å². The minimum atomic E-state index is -0.230. The van der Waals surface area contributed by atoms with Gasteiger partial charge in [-0.15, -0.1) is 0 Å². The molecule has 2 nitrogen and oxygen atoms in total. The summed E-state index contributed by atoms with van der Waals surface area (Å²) < 4.78 is 19.6. The van der Waals surface area contributed by atoms with E-state index in [2.05, 4.69) is 0 Å². The number of hydrogen-bond acceptors (Lipinski definition) is 2. The fourth-order valence-electron chi connectivity index (χ4n) is 3.54. The van der Waals surface area contributed by atoms with Crippen LogP contribution in [0.2, 0.25) is 0 Å². The summed E-state index contributed by atoms with van der Waals surface area (Å²) in [6.07, 6.45) is 9.32. The first-order valence-corrected chi connectivity index (χ1v) is 7.43. The molecule has 3 heteroatoms. The summed E-state index contributed by atoms with van der Waals surface area (Å²) in [5.74, 6) is 0.562. The van der Waals surface area contributed by atoms with Crippen molar-refractivity contribution in [1.29, 1.82) is 0 Å². The standard InChI is InChI=1S/C16H22FNO/c17-12-6-7-15-13(10-12)14(18)11-16(19-15)8-4-2-1-3-5-9-16/h6-7,10,14H,1-5,8-9,11,18H2/t14-/m0/s1. The Labute approximate surface area is 114 Å². The molecule has 0 aromatic heterocycles. The zero-order chi connectivity index (χ0) is 13.3. The van der Waals surface area contributed by atoms with Crippen molar-refractivity contribution < 1.29 is 9.13 Å². The molecule has 0 saturated heterocycles. The van der Waals surface area contributed by atoms with E-state index >= 15 is 0 Å². The van der Waals surface area contributed by atoms with Crippen LogP contribution in [0.25, 0.3) is 0 Å². The zero-order valence-corrected chi connectivity index (χ0v) is 11.3. The molecule has 3 rings (SSSR count). The highest BCUT2D eigenvalue weighted by atomic mass is 19.1. The number of rotatable bonds is 0. The number of halogens is 1. The van der Waals surface area contributed by atoms with Crippen LogP contribution in [0.15, 0.2) is 18.2 Å². The van der Waals surface area contributed by atoms with E-state index in [-0.39, 0.29) is 17.5 Å². The lowest BCUT2D eigenvalue weighted by molar-refractivity contribution is 0.0111. The Morgan fingerprint density at radius 3 is 2.53 bits per heavy atom. The average molecular weight is 263 g/mol. The number of nitrogens with two attached hydrogens (primary N) is 1. The molecule has 0 radical (unpaired) electrons. The van der Waals surface area contributed by atoms with Gasteiger partial charge in [0.05, 0.1) is 0 Å². The van der Waals surface area contributed by atoms with Crippen LogP contribution in [0.5, 0.6) is 5.75 Å². The van der Waals surface area contributed by atoms with Crippen LogP contribution in [0.1, 0.15) is 63.0 Å². The van der Waals surface area contributed by atoms with Gasteiger partial charge in [0.2, 0.25) is 0 Å². The molecule has 0 bridgehead atoms. The molecule has 1 aliphatic heterocycles. The SMILES string of the molecule is N[C@H]1CC2(CCCCCCC2)Oc2ccc(F)cc21. The number of ether oxygens (including phenoxy) is 1. The number of fused-ring (bicyclic) bond motifs is 1. The van der Waals surface area contributed by atoms with Crippen LogP contribution in [0.4, 0.5) is 4.39 Å². The normalized spacial score (nSPS) is 26.1. The van der Waals surface area contributed by atoms with Gasteiger partial charge < -0.3 is 10.5 Å². The monoisotopic (exact) mass is 263 g/mol. The van der Waals surface area contributed by atoms with Gasteiger partial charge in [-0.25, -0.2) is 4.39 Å². The van der Waals surface area contributed by atoms with Crippen molar-refractivity contribution in [3.63, 3.8) is 0 Å². The Hall–Kier alpha value is -1.09. The summed E-state index contributed by atoms with van der Waals surface area (Å²) in [6.45, 7) is 0. The topological polar surface area (TPSA) is 35.2 Å². The second-order valence-electron chi connectivity index (χ2n) is 6.05. The lowest BCUT2D eigenvalue weighted by Crippen LogP contribution is -2.43. The Kier molecular flexibility index (Phi) is 3.48. The van der Waals surface area contributed by atoms with Crippen molar-refractivity contribution in [2.45, 2.75) is 63.0 Å². The Morgan fingerprint density at radius 1 is 1.11 bits per heavy atom. The summed E-state index contributed by atoms with van der Waals surface area (Å²) in [7, 11) is 0. The predicted molar refractivity (Wildman–Crippen MR) is 73.6 cm³/mol. The highest BCUT2D eigenvalue weighted by Crippen LogP contribution is 2.44. The second-order valence-corrected chi connectivity index (χ2v) is 6.05. The largest absolute Gasteiger partial charge is 0.487 e. The zero-order valence-electron chi connectivity index (χ0n) is 11.3. The Bertz CT molecular complexity index is 452. The van der Waals surface area contributed by atoms with Crippen LogP contribution >= 0.6 is 0 Å². The smallest absolute Gasteiger partial charge is 0.125 e. The third kappa shape index (κ3) is 2.62. The van der Waals surface area contributed by atoms with Crippen molar-refractivity contribution in [2.75, 3.05) is 0 Å². The third-order valence-corrected chi connectivity index (χ3v) is 4.55. The molecule has 2 aliphatic rings. The van der Waals surface area contributed by atoms with E-state index in [1.54, 1.807) is 6.07 Å². The Morgan fingerprint density at radius 2 is 1.79 bits per heavy atom. The molecule has 1 saturated carbocycles. The van der Waals surface area contributed by atoms with Gasteiger partial charge in [-0.05, 0) is 43.9 Å². The fourth-order valence-corrected chi connectivity index (χ4v) is 3.54. The van der Waals surface area contributed by atoms with E-state index in [1.165, 1.54) is 44.2 Å². The van der Waals surface area contributed by atoms with Gasteiger partial charge in [-0.1, -0.05) is 19.3 Å². The summed E-state index contributed by atoms with van der Waals surface area (Å²) in [5.41, 5.74) is 6.98. The van der Waals surface area contributed by atoms with E-state index in [9.17, 15) is 4.39 Å². The first-order valence-electron chi connectivity index (χ1n) is 7.43. The maximum Gasteiger partial charge on any atom is 0.125 e. The molecule has 1 aromatic rings. The molecule has 19 heavy (non-hydrogen) atoms. The highest BCUT2D eigenvalue weighted by molar-refractivity contribution is 5.39. The fraction of sp³-hybridized carbons (Fsp3) is 0.625. The summed E-state index contributed by atoms with van der Waals surface area (Å²) in [6, 6.07) is 4.63. The molecule has 1 spiro atoms. The molecule has 1 atom stereocenters. The summed E-state index contributed by atoms with van der Waals surface area (Å²) >= 11 is 0. The molecule has 1 aromatic carbocycles. The first-order chi connectivity index (χ1) is 9.19. The Balaban J connectivity index is 1.88. The predicted octanol–water partition coefficient (Wildman–Crippen LogP) is 4.09. The highest BCUT2D eigenvalue weighted by Gasteiger charge is 2.39. The van der Waals surface area contributed by atoms with E-state index < -0.39 is 0 Å². The quantitative estimate of drug-likeness (QED) is 0.765. The molecule has 1 heterocycles. The lowest BCUT2D eigenvalue weighted by atomic mass is 9.79. The van der Waals surface area contributed by atoms with Crippen LogP contribution < -0.4 is 10.5 Å². The van der Waals surface area contributed by atoms with E-state index in [0.29, 0.717) is 0 Å². The third-order valence-electron chi connectivity index (χ3n) is 4.55. The van der Waals surface area contributed by atoms with Crippen LogP contribution in [-0.2, 0) is 0 Å². The molecule has 0 amide bonds. The maximum atomic E-state index is 13.3. The van der Waals surface area contributed by atoms with E-state index in [0.717, 1.165) is 30.6 Å². The van der Waals surface area contributed by atoms with Crippen molar-refractivity contribution in [2.24, 2.45) is 5.73 Å². The van der Waals surface area contributed by atoms with Gasteiger partial charge in [0.1, 0.15) is 17.2 Å². The molecule has 1 fully saturated rings. The van der Waals surface area contributed by atoms with Gasteiger partial charge in [0.15, 0.2) is 0 Å². The van der Waals surface area contributed by atoms with Gasteiger partial charge in [-0.2, -0.15) is 0 Å². The molecule has 1 aliphatic carbocycles. The van der Waals surface area contributed by atoms with Gasteiger partial charge in [-0.3, -0.25) is 0 Å². The maximum absolute atomic E-state index is 13.3. The van der Waals surface area contributed by atoms with E-state index in [4.69, 9.17) is 10.5 Å². The van der Waals surface area contributed by atoms with Crippen LogP contribution in [0, 0.1) is 5.82 Å². The molecule has 2 N–H and O–H groups in total. The number of hydrogen-bond donors (Lipinski definition) is 1. The second kappa shape index (κ2) is 5.12. The van der Waals surface area contributed by atoms with Crippen molar-refractivity contribution in [3.05, 3.63) is 29.6 Å². The lowest BCUT2D eigenvalue weighted by Gasteiger charge is -2.42. The minimum Gasteiger partial charge on any atom is -0.487 e. The van der Waals surface area contributed by atoms with Crippen LogP contribution in [0.3, 0.4) is 0 Å². The van der Waals surface area contributed by atoms with Crippen molar-refractivity contribution >= 4 is 0 Å². The van der Waals surface area contributed by atoms with Crippen molar-refractivity contribution in [1.82, 2.24) is 0 Å². The summed E-state index contributed by atoms with van der Waals surface area (Å²) in [4.78, 5) is 0. The first kappa shape index (κ1) is 12.9. The number of benzene rings is 1. The molecule has 0 unspecified atom stereocenters. The van der Waals surface area contributed by atoms with Gasteiger partial charge in [0.25, 0.3) is 0 Å². The molecular weight excluding hydrogens is 241 g/mol. The summed E-state index contributed by atoms with van der Waals surface area (Å²) in [5, 5.41) is 0. The van der Waals surface area contributed by atoms with Gasteiger partial charge >= 0.3 is 0 Å².